The Kier molecular flexibility index (Phi) is 3.44. The largest absolute Gasteiger partial charge is 0.313 e. The number of piperidine rings is 1. The van der Waals surface area contributed by atoms with Gasteiger partial charge in [-0.2, -0.15) is 0 Å². The summed E-state index contributed by atoms with van der Waals surface area (Å²) in [7, 11) is 0. The number of aromatic nitrogens is 2. The maximum absolute atomic E-state index is 4.00. The molecule has 5 heteroatoms. The Morgan fingerprint density at radius 1 is 1.64 bits per heavy atom. The highest BCUT2D eigenvalue weighted by Crippen LogP contribution is 2.08. The van der Waals surface area contributed by atoms with Gasteiger partial charge in [0.1, 0.15) is 0 Å². The first kappa shape index (κ1) is 10.0. The molecule has 4 nitrogen and oxygen atoms in total. The predicted octanol–water partition coefficient (Wildman–Crippen LogP) is 0.768. The van der Waals surface area contributed by atoms with Gasteiger partial charge in [0.15, 0.2) is 0 Å². The quantitative estimate of drug-likeness (QED) is 0.777. The summed E-state index contributed by atoms with van der Waals surface area (Å²) in [6, 6.07) is 1.27. The van der Waals surface area contributed by atoms with Crippen molar-refractivity contribution in [1.29, 1.82) is 0 Å². The second kappa shape index (κ2) is 4.82. The Morgan fingerprint density at radius 3 is 3.21 bits per heavy atom. The number of nitrogens with zero attached hydrogens (tertiary/aromatic N) is 2. The van der Waals surface area contributed by atoms with E-state index in [0.29, 0.717) is 12.1 Å². The molecule has 2 N–H and O–H groups in total. The standard InChI is InChI=1S/C9H16N4S/c1-7-2-3-8(4-10-7)11-5-9-6-14-13-12-9/h6-8,10-11H,2-5H2,1H3. The van der Waals surface area contributed by atoms with E-state index in [2.05, 4.69) is 27.1 Å². The molecular formula is C9H16N4S. The van der Waals surface area contributed by atoms with Crippen LogP contribution in [0.5, 0.6) is 0 Å². The van der Waals surface area contributed by atoms with Crippen molar-refractivity contribution in [3.63, 3.8) is 0 Å². The van der Waals surface area contributed by atoms with Crippen LogP contribution in [0.3, 0.4) is 0 Å². The molecule has 0 aromatic carbocycles. The minimum atomic E-state index is 0.591. The summed E-state index contributed by atoms with van der Waals surface area (Å²) in [4.78, 5) is 0. The molecule has 1 saturated heterocycles. The van der Waals surface area contributed by atoms with Gasteiger partial charge in [-0.15, -0.1) is 5.10 Å². The van der Waals surface area contributed by atoms with Crippen molar-refractivity contribution in [3.05, 3.63) is 11.1 Å². The molecule has 0 aliphatic carbocycles. The van der Waals surface area contributed by atoms with E-state index >= 15 is 0 Å². The SMILES string of the molecule is CC1CCC(NCc2csnn2)CN1. The predicted molar refractivity (Wildman–Crippen MR) is 57.2 cm³/mol. The summed E-state index contributed by atoms with van der Waals surface area (Å²) in [6.07, 6.45) is 2.51. The molecule has 0 radical (unpaired) electrons. The summed E-state index contributed by atoms with van der Waals surface area (Å²) < 4.78 is 3.83. The van der Waals surface area contributed by atoms with Crippen LogP contribution in [0.4, 0.5) is 0 Å². The van der Waals surface area contributed by atoms with Crippen molar-refractivity contribution in [2.45, 2.75) is 38.4 Å². The normalized spacial score (nSPS) is 27.8. The zero-order chi connectivity index (χ0) is 9.80. The Balaban J connectivity index is 1.71. The van der Waals surface area contributed by atoms with Crippen molar-refractivity contribution >= 4 is 11.5 Å². The fraction of sp³-hybridized carbons (Fsp3) is 0.778. The second-order valence-electron chi connectivity index (χ2n) is 3.86. The van der Waals surface area contributed by atoms with Gasteiger partial charge in [-0.25, -0.2) is 0 Å². The third kappa shape index (κ3) is 2.73. The minimum absolute atomic E-state index is 0.591. The van der Waals surface area contributed by atoms with Crippen LogP contribution in [0.2, 0.25) is 0 Å². The Bertz CT molecular complexity index is 254. The summed E-state index contributed by atoms with van der Waals surface area (Å²) in [6.45, 7) is 4.15. The van der Waals surface area contributed by atoms with Gasteiger partial charge >= 0.3 is 0 Å². The van der Waals surface area contributed by atoms with Crippen LogP contribution >= 0.6 is 11.5 Å². The molecule has 0 bridgehead atoms. The van der Waals surface area contributed by atoms with Gasteiger partial charge in [0.25, 0.3) is 0 Å². The number of hydrogen-bond donors (Lipinski definition) is 2. The van der Waals surface area contributed by atoms with Crippen molar-refractivity contribution in [2.75, 3.05) is 6.54 Å². The molecule has 0 saturated carbocycles. The number of rotatable bonds is 3. The van der Waals surface area contributed by atoms with Crippen LogP contribution in [0.15, 0.2) is 5.38 Å². The molecule has 2 unspecified atom stereocenters. The van der Waals surface area contributed by atoms with Gasteiger partial charge in [0.2, 0.25) is 0 Å². The third-order valence-electron chi connectivity index (χ3n) is 2.64. The second-order valence-corrected chi connectivity index (χ2v) is 4.47. The van der Waals surface area contributed by atoms with Gasteiger partial charge in [-0.05, 0) is 31.3 Å². The smallest absolute Gasteiger partial charge is 0.0893 e. The van der Waals surface area contributed by atoms with Crippen molar-refractivity contribution in [2.24, 2.45) is 0 Å². The lowest BCUT2D eigenvalue weighted by Gasteiger charge is -2.28. The van der Waals surface area contributed by atoms with Crippen LogP contribution in [0.25, 0.3) is 0 Å². The van der Waals surface area contributed by atoms with E-state index in [1.54, 1.807) is 0 Å². The Hall–Kier alpha value is -0.520. The Morgan fingerprint density at radius 2 is 2.57 bits per heavy atom. The lowest BCUT2D eigenvalue weighted by Crippen LogP contribution is -2.46. The molecule has 1 aromatic heterocycles. The fourth-order valence-corrected chi connectivity index (χ4v) is 2.13. The van der Waals surface area contributed by atoms with Crippen molar-refractivity contribution in [3.8, 4) is 0 Å². The first-order chi connectivity index (χ1) is 6.84. The summed E-state index contributed by atoms with van der Waals surface area (Å²) in [5.74, 6) is 0. The first-order valence-electron chi connectivity index (χ1n) is 5.07. The first-order valence-corrected chi connectivity index (χ1v) is 5.91. The highest BCUT2D eigenvalue weighted by atomic mass is 32.1. The number of nitrogens with one attached hydrogen (secondary N) is 2. The van der Waals surface area contributed by atoms with Crippen LogP contribution in [-0.4, -0.2) is 28.2 Å². The van der Waals surface area contributed by atoms with E-state index in [1.165, 1.54) is 24.4 Å². The molecule has 1 aromatic rings. The topological polar surface area (TPSA) is 49.8 Å². The molecule has 0 amide bonds. The zero-order valence-electron chi connectivity index (χ0n) is 8.36. The van der Waals surface area contributed by atoms with Gasteiger partial charge in [0.05, 0.1) is 5.69 Å². The van der Waals surface area contributed by atoms with E-state index in [4.69, 9.17) is 0 Å². The molecule has 1 aliphatic rings. The van der Waals surface area contributed by atoms with Crippen molar-refractivity contribution < 1.29 is 0 Å². The zero-order valence-corrected chi connectivity index (χ0v) is 9.18. The highest BCUT2D eigenvalue weighted by molar-refractivity contribution is 7.03. The molecule has 14 heavy (non-hydrogen) atoms. The highest BCUT2D eigenvalue weighted by Gasteiger charge is 2.16. The van der Waals surface area contributed by atoms with E-state index < -0.39 is 0 Å². The summed E-state index contributed by atoms with van der Waals surface area (Å²) >= 11 is 1.41. The van der Waals surface area contributed by atoms with E-state index in [1.807, 2.05) is 5.38 Å². The molecule has 1 aliphatic heterocycles. The maximum Gasteiger partial charge on any atom is 0.0893 e. The van der Waals surface area contributed by atoms with E-state index in [0.717, 1.165) is 18.8 Å². The van der Waals surface area contributed by atoms with Gasteiger partial charge in [-0.1, -0.05) is 4.49 Å². The Labute approximate surface area is 88.3 Å². The molecule has 0 spiro atoms. The van der Waals surface area contributed by atoms with E-state index in [9.17, 15) is 0 Å². The average Bonchev–Trinajstić information content (AvgIpc) is 2.70. The van der Waals surface area contributed by atoms with Crippen LogP contribution < -0.4 is 10.6 Å². The van der Waals surface area contributed by atoms with Gasteiger partial charge in [-0.3, -0.25) is 0 Å². The molecule has 1 fully saturated rings. The van der Waals surface area contributed by atoms with Crippen LogP contribution in [-0.2, 0) is 6.54 Å². The monoisotopic (exact) mass is 212 g/mol. The van der Waals surface area contributed by atoms with E-state index in [-0.39, 0.29) is 0 Å². The van der Waals surface area contributed by atoms with Crippen LogP contribution in [0.1, 0.15) is 25.5 Å². The van der Waals surface area contributed by atoms with Crippen molar-refractivity contribution in [1.82, 2.24) is 20.2 Å². The van der Waals surface area contributed by atoms with Gasteiger partial charge < -0.3 is 10.6 Å². The number of hydrogen-bond acceptors (Lipinski definition) is 5. The maximum atomic E-state index is 4.00. The molecule has 2 heterocycles. The summed E-state index contributed by atoms with van der Waals surface area (Å²) in [5.41, 5.74) is 1.05. The molecular weight excluding hydrogens is 196 g/mol. The van der Waals surface area contributed by atoms with Crippen LogP contribution in [0, 0.1) is 0 Å². The third-order valence-corrected chi connectivity index (χ3v) is 3.19. The lowest BCUT2D eigenvalue weighted by molar-refractivity contribution is 0.337. The molecule has 2 atom stereocenters. The lowest BCUT2D eigenvalue weighted by atomic mass is 10.0. The van der Waals surface area contributed by atoms with Gasteiger partial charge in [0, 0.05) is 30.6 Å². The summed E-state index contributed by atoms with van der Waals surface area (Å²) in [5, 5.41) is 12.9. The fourth-order valence-electron chi connectivity index (χ4n) is 1.68. The average molecular weight is 212 g/mol. The molecule has 78 valence electrons. The molecule has 2 rings (SSSR count). The minimum Gasteiger partial charge on any atom is -0.313 e.